The molecule has 1 aliphatic rings. The zero-order chi connectivity index (χ0) is 24.5. The number of likely N-dealkylation sites (N-methyl/N-ethyl adjacent to an activating group) is 1. The molecule has 2 amide bonds. The SMILES string of the molecule is CN(C(=O)C(C)(C)NC(=O)OCC1c2ccccc2-c2ccccc21)c1cccc(C(=O)O)c1. The average Bonchev–Trinajstić information content (AvgIpc) is 3.15. The lowest BCUT2D eigenvalue weighted by atomic mass is 9.98. The summed E-state index contributed by atoms with van der Waals surface area (Å²) < 4.78 is 5.56. The molecule has 7 heteroatoms. The summed E-state index contributed by atoms with van der Waals surface area (Å²) in [6.45, 7) is 3.29. The third kappa shape index (κ3) is 4.37. The number of carbonyl (C=O) groups is 3. The number of carboxylic acid groups (broad SMARTS) is 1. The highest BCUT2D eigenvalue weighted by Crippen LogP contribution is 2.44. The van der Waals surface area contributed by atoms with Gasteiger partial charge in [0.05, 0.1) is 5.56 Å². The molecule has 0 aromatic heterocycles. The molecule has 0 unspecified atom stereocenters. The molecule has 0 atom stereocenters. The molecule has 0 saturated heterocycles. The maximum Gasteiger partial charge on any atom is 0.408 e. The maximum atomic E-state index is 13.1. The summed E-state index contributed by atoms with van der Waals surface area (Å²) in [6, 6.07) is 22.2. The van der Waals surface area contributed by atoms with E-state index in [0.29, 0.717) is 5.69 Å². The quantitative estimate of drug-likeness (QED) is 0.560. The van der Waals surface area contributed by atoms with Gasteiger partial charge < -0.3 is 20.1 Å². The van der Waals surface area contributed by atoms with E-state index in [-0.39, 0.29) is 18.1 Å². The maximum absolute atomic E-state index is 13.1. The lowest BCUT2D eigenvalue weighted by molar-refractivity contribution is -0.123. The molecular weight excluding hydrogens is 432 g/mol. The van der Waals surface area contributed by atoms with Crippen LogP contribution in [0.2, 0.25) is 0 Å². The Balaban J connectivity index is 1.43. The van der Waals surface area contributed by atoms with Crippen molar-refractivity contribution in [3.8, 4) is 11.1 Å². The van der Waals surface area contributed by atoms with Gasteiger partial charge in [-0.05, 0) is 54.3 Å². The van der Waals surface area contributed by atoms with E-state index in [4.69, 9.17) is 4.74 Å². The topological polar surface area (TPSA) is 95.9 Å². The van der Waals surface area contributed by atoms with E-state index in [2.05, 4.69) is 17.4 Å². The minimum absolute atomic E-state index is 0.0689. The van der Waals surface area contributed by atoms with Crippen LogP contribution in [0.5, 0.6) is 0 Å². The van der Waals surface area contributed by atoms with Crippen LogP contribution < -0.4 is 10.2 Å². The molecule has 1 aliphatic carbocycles. The predicted molar refractivity (Wildman–Crippen MR) is 129 cm³/mol. The molecule has 7 nitrogen and oxygen atoms in total. The van der Waals surface area contributed by atoms with Gasteiger partial charge in [0.25, 0.3) is 5.91 Å². The minimum Gasteiger partial charge on any atom is -0.478 e. The average molecular weight is 459 g/mol. The van der Waals surface area contributed by atoms with Crippen molar-refractivity contribution in [1.82, 2.24) is 5.32 Å². The van der Waals surface area contributed by atoms with Gasteiger partial charge in [-0.25, -0.2) is 9.59 Å². The van der Waals surface area contributed by atoms with E-state index in [9.17, 15) is 19.5 Å². The lowest BCUT2D eigenvalue weighted by Crippen LogP contribution is -2.55. The Morgan fingerprint density at radius 2 is 1.53 bits per heavy atom. The van der Waals surface area contributed by atoms with Crippen molar-refractivity contribution in [1.29, 1.82) is 0 Å². The summed E-state index contributed by atoms with van der Waals surface area (Å²) in [5, 5.41) is 11.9. The fraction of sp³-hybridized carbons (Fsp3) is 0.222. The molecule has 0 saturated carbocycles. The molecule has 0 aliphatic heterocycles. The second-order valence-corrected chi connectivity index (χ2v) is 8.80. The van der Waals surface area contributed by atoms with E-state index in [0.717, 1.165) is 22.3 Å². The molecule has 4 rings (SSSR count). The molecule has 3 aromatic rings. The monoisotopic (exact) mass is 458 g/mol. The Bertz CT molecular complexity index is 1220. The van der Waals surface area contributed by atoms with E-state index >= 15 is 0 Å². The second-order valence-electron chi connectivity index (χ2n) is 8.80. The van der Waals surface area contributed by atoms with E-state index in [1.54, 1.807) is 26.0 Å². The van der Waals surface area contributed by atoms with Crippen LogP contribution in [0.25, 0.3) is 11.1 Å². The summed E-state index contributed by atoms with van der Waals surface area (Å²) in [5.74, 6) is -1.58. The third-order valence-corrected chi connectivity index (χ3v) is 6.08. The summed E-state index contributed by atoms with van der Waals surface area (Å²) in [7, 11) is 1.53. The van der Waals surface area contributed by atoms with E-state index < -0.39 is 23.5 Å². The van der Waals surface area contributed by atoms with Crippen LogP contribution in [-0.4, -0.2) is 42.3 Å². The Morgan fingerprint density at radius 1 is 0.941 bits per heavy atom. The number of rotatable bonds is 6. The highest BCUT2D eigenvalue weighted by atomic mass is 16.5. The van der Waals surface area contributed by atoms with Gasteiger partial charge in [0.1, 0.15) is 12.1 Å². The van der Waals surface area contributed by atoms with Crippen LogP contribution >= 0.6 is 0 Å². The highest BCUT2D eigenvalue weighted by Gasteiger charge is 2.34. The van der Waals surface area contributed by atoms with E-state index in [1.807, 2.05) is 36.4 Å². The third-order valence-electron chi connectivity index (χ3n) is 6.08. The van der Waals surface area contributed by atoms with Crippen LogP contribution in [0.3, 0.4) is 0 Å². The van der Waals surface area contributed by atoms with Gasteiger partial charge in [0, 0.05) is 18.7 Å². The normalized spacial score (nSPS) is 12.4. The summed E-state index contributed by atoms with van der Waals surface area (Å²) in [5.41, 5.74) is 3.67. The first-order valence-electron chi connectivity index (χ1n) is 10.9. The number of hydrogen-bond acceptors (Lipinski definition) is 4. The van der Waals surface area contributed by atoms with Crippen LogP contribution in [-0.2, 0) is 9.53 Å². The molecule has 174 valence electrons. The van der Waals surface area contributed by atoms with Gasteiger partial charge >= 0.3 is 12.1 Å². The van der Waals surface area contributed by atoms with Crippen molar-refractivity contribution >= 4 is 23.7 Å². The molecule has 0 spiro atoms. The van der Waals surface area contributed by atoms with Crippen molar-refractivity contribution in [3.05, 3.63) is 89.5 Å². The van der Waals surface area contributed by atoms with Gasteiger partial charge in [-0.2, -0.15) is 0 Å². The van der Waals surface area contributed by atoms with Crippen LogP contribution in [0.1, 0.15) is 41.3 Å². The van der Waals surface area contributed by atoms with Gasteiger partial charge in [0.2, 0.25) is 0 Å². The molecule has 0 heterocycles. The van der Waals surface area contributed by atoms with Gasteiger partial charge in [0.15, 0.2) is 0 Å². The first-order chi connectivity index (χ1) is 16.2. The second kappa shape index (κ2) is 9.02. The number of hydrogen-bond donors (Lipinski definition) is 2. The van der Waals surface area contributed by atoms with Crippen molar-refractivity contribution in [2.24, 2.45) is 0 Å². The van der Waals surface area contributed by atoms with Crippen molar-refractivity contribution < 1.29 is 24.2 Å². The Hall–Kier alpha value is -4.13. The largest absolute Gasteiger partial charge is 0.478 e. The molecular formula is C27H26N2O5. The molecule has 0 radical (unpaired) electrons. The van der Waals surface area contributed by atoms with Gasteiger partial charge in [-0.3, -0.25) is 4.79 Å². The lowest BCUT2D eigenvalue weighted by Gasteiger charge is -2.30. The smallest absolute Gasteiger partial charge is 0.408 e. The first kappa shape index (κ1) is 23.0. The zero-order valence-electron chi connectivity index (χ0n) is 19.2. The number of ether oxygens (including phenoxy) is 1. The summed E-state index contributed by atoms with van der Waals surface area (Å²) >= 11 is 0. The molecule has 3 aromatic carbocycles. The number of amides is 2. The standard InChI is InChI=1S/C27H26N2O5/c1-27(2,25(32)29(3)18-10-8-9-17(15-18)24(30)31)28-26(33)34-16-23-21-13-6-4-11-19(21)20-12-5-7-14-22(20)23/h4-15,23H,16H2,1-3H3,(H,28,33)(H,30,31). The van der Waals surface area contributed by atoms with E-state index in [1.165, 1.54) is 24.1 Å². The fourth-order valence-corrected chi connectivity index (χ4v) is 4.33. The van der Waals surface area contributed by atoms with Crippen LogP contribution in [0, 0.1) is 0 Å². The number of nitrogens with one attached hydrogen (secondary N) is 1. The molecule has 34 heavy (non-hydrogen) atoms. The van der Waals surface area contributed by atoms with Crippen LogP contribution in [0.4, 0.5) is 10.5 Å². The number of fused-ring (bicyclic) bond motifs is 3. The predicted octanol–water partition coefficient (Wildman–Crippen LogP) is 4.66. The van der Waals surface area contributed by atoms with Gasteiger partial charge in [-0.15, -0.1) is 0 Å². The Labute approximate surface area is 198 Å². The number of aromatic carboxylic acids is 1. The number of alkyl carbamates (subject to hydrolysis) is 1. The first-order valence-corrected chi connectivity index (χ1v) is 10.9. The van der Waals surface area contributed by atoms with Crippen molar-refractivity contribution in [2.45, 2.75) is 25.3 Å². The Kier molecular flexibility index (Phi) is 6.11. The highest BCUT2D eigenvalue weighted by molar-refractivity contribution is 6.01. The number of carbonyl (C=O) groups excluding carboxylic acids is 2. The summed E-state index contributed by atoms with van der Waals surface area (Å²) in [4.78, 5) is 38.3. The number of anilines is 1. The van der Waals surface area contributed by atoms with Crippen molar-refractivity contribution in [2.75, 3.05) is 18.6 Å². The van der Waals surface area contributed by atoms with Crippen LogP contribution in [0.15, 0.2) is 72.8 Å². The number of nitrogens with zero attached hydrogens (tertiary/aromatic N) is 1. The zero-order valence-corrected chi connectivity index (χ0v) is 19.2. The fourth-order valence-electron chi connectivity index (χ4n) is 4.33. The minimum atomic E-state index is -1.28. The molecule has 2 N–H and O–H groups in total. The number of carboxylic acids is 1. The van der Waals surface area contributed by atoms with Crippen molar-refractivity contribution in [3.63, 3.8) is 0 Å². The summed E-state index contributed by atoms with van der Waals surface area (Å²) in [6.07, 6.45) is -0.701. The Morgan fingerprint density at radius 3 is 2.12 bits per heavy atom. The number of benzene rings is 3. The molecule has 0 bridgehead atoms. The van der Waals surface area contributed by atoms with Gasteiger partial charge in [-0.1, -0.05) is 54.6 Å². The molecule has 0 fully saturated rings.